The zero-order valence-corrected chi connectivity index (χ0v) is 20.4. The number of aryl methyl sites for hydroxylation is 3. The maximum Gasteiger partial charge on any atom is 0.226 e. The Hall–Kier alpha value is -1.65. The van der Waals surface area contributed by atoms with Crippen LogP contribution in [0.4, 0.5) is 0 Å². The van der Waals surface area contributed by atoms with Gasteiger partial charge >= 0.3 is 0 Å². The van der Waals surface area contributed by atoms with Crippen LogP contribution in [0.3, 0.4) is 0 Å². The van der Waals surface area contributed by atoms with Crippen molar-refractivity contribution < 1.29 is 4.52 Å². The average molecular weight is 503 g/mol. The molecule has 0 bridgehead atoms. The SMILES string of the molecule is CN=C(NCCCc1nc(C(C)C)no1)NC(C)Cc1c(C)nn(C)c1C.I. The Morgan fingerprint density at radius 2 is 1.96 bits per heavy atom. The van der Waals surface area contributed by atoms with Crippen molar-refractivity contribution in [1.29, 1.82) is 0 Å². The van der Waals surface area contributed by atoms with Crippen molar-refractivity contribution in [3.8, 4) is 0 Å². The number of hydrogen-bond donors (Lipinski definition) is 2. The smallest absolute Gasteiger partial charge is 0.226 e. The molecule has 0 spiro atoms. The Morgan fingerprint density at radius 3 is 2.50 bits per heavy atom. The Morgan fingerprint density at radius 1 is 1.25 bits per heavy atom. The van der Waals surface area contributed by atoms with E-state index in [1.165, 1.54) is 11.3 Å². The lowest BCUT2D eigenvalue weighted by atomic mass is 10.1. The van der Waals surface area contributed by atoms with Gasteiger partial charge in [-0.15, -0.1) is 24.0 Å². The Kier molecular flexibility index (Phi) is 9.91. The van der Waals surface area contributed by atoms with E-state index < -0.39 is 0 Å². The minimum atomic E-state index is 0. The van der Waals surface area contributed by atoms with E-state index in [-0.39, 0.29) is 35.9 Å². The number of aromatic nitrogens is 4. The fourth-order valence-corrected chi connectivity index (χ4v) is 2.95. The molecule has 2 rings (SSSR count). The van der Waals surface area contributed by atoms with Gasteiger partial charge in [0.2, 0.25) is 5.89 Å². The summed E-state index contributed by atoms with van der Waals surface area (Å²) in [5, 5.41) is 15.3. The van der Waals surface area contributed by atoms with E-state index in [1.807, 2.05) is 11.7 Å². The van der Waals surface area contributed by atoms with Gasteiger partial charge in [0.15, 0.2) is 11.8 Å². The molecule has 1 unspecified atom stereocenters. The molecule has 2 heterocycles. The number of rotatable bonds is 8. The highest BCUT2D eigenvalue weighted by atomic mass is 127. The van der Waals surface area contributed by atoms with E-state index in [1.54, 1.807) is 7.05 Å². The maximum absolute atomic E-state index is 5.27. The molecule has 0 aliphatic heterocycles. The van der Waals surface area contributed by atoms with E-state index in [0.29, 0.717) is 5.89 Å². The van der Waals surface area contributed by atoms with Crippen LogP contribution in [0.5, 0.6) is 0 Å². The minimum Gasteiger partial charge on any atom is -0.356 e. The van der Waals surface area contributed by atoms with Crippen LogP contribution in [0.2, 0.25) is 0 Å². The zero-order valence-electron chi connectivity index (χ0n) is 18.0. The second kappa shape index (κ2) is 11.4. The molecule has 2 aromatic rings. The average Bonchev–Trinajstić information content (AvgIpc) is 3.18. The number of guanidine groups is 1. The van der Waals surface area contributed by atoms with Crippen LogP contribution in [0, 0.1) is 13.8 Å². The molecule has 0 aliphatic rings. The van der Waals surface area contributed by atoms with Gasteiger partial charge in [-0.3, -0.25) is 9.67 Å². The molecule has 158 valence electrons. The van der Waals surface area contributed by atoms with Crippen molar-refractivity contribution in [2.24, 2.45) is 12.0 Å². The Bertz CT molecular complexity index is 766. The zero-order chi connectivity index (χ0) is 20.0. The van der Waals surface area contributed by atoms with E-state index in [2.05, 4.69) is 65.5 Å². The second-order valence-electron chi connectivity index (χ2n) is 7.33. The lowest BCUT2D eigenvalue weighted by Crippen LogP contribution is -2.43. The van der Waals surface area contributed by atoms with Gasteiger partial charge in [-0.25, -0.2) is 0 Å². The summed E-state index contributed by atoms with van der Waals surface area (Å²) in [6.45, 7) is 11.2. The molecule has 2 N–H and O–H groups in total. The summed E-state index contributed by atoms with van der Waals surface area (Å²) < 4.78 is 7.21. The Labute approximate surface area is 185 Å². The summed E-state index contributed by atoms with van der Waals surface area (Å²) in [5.74, 6) is 2.55. The quantitative estimate of drug-likeness (QED) is 0.249. The molecule has 0 radical (unpaired) electrons. The second-order valence-corrected chi connectivity index (χ2v) is 7.33. The van der Waals surface area contributed by atoms with Crippen LogP contribution in [-0.2, 0) is 19.9 Å². The predicted molar refractivity (Wildman–Crippen MR) is 122 cm³/mol. The van der Waals surface area contributed by atoms with Crippen LogP contribution >= 0.6 is 24.0 Å². The maximum atomic E-state index is 5.27. The van der Waals surface area contributed by atoms with Gasteiger partial charge < -0.3 is 15.2 Å². The third kappa shape index (κ3) is 6.75. The van der Waals surface area contributed by atoms with Crippen LogP contribution in [0.25, 0.3) is 0 Å². The van der Waals surface area contributed by atoms with Gasteiger partial charge in [-0.05, 0) is 39.2 Å². The number of aliphatic imine (C=N–C) groups is 1. The highest BCUT2D eigenvalue weighted by molar-refractivity contribution is 14.0. The van der Waals surface area contributed by atoms with E-state index in [0.717, 1.165) is 43.3 Å². The monoisotopic (exact) mass is 503 g/mol. The molecule has 0 aromatic carbocycles. The van der Waals surface area contributed by atoms with Gasteiger partial charge in [-0.2, -0.15) is 10.1 Å². The van der Waals surface area contributed by atoms with Gasteiger partial charge in [0, 0.05) is 44.7 Å². The fraction of sp³-hybridized carbons (Fsp3) is 0.684. The van der Waals surface area contributed by atoms with E-state index >= 15 is 0 Å². The van der Waals surface area contributed by atoms with Gasteiger partial charge in [-0.1, -0.05) is 19.0 Å². The largest absolute Gasteiger partial charge is 0.356 e. The molecule has 28 heavy (non-hydrogen) atoms. The molecule has 2 aromatic heterocycles. The third-order valence-corrected chi connectivity index (χ3v) is 4.64. The molecule has 9 heteroatoms. The lowest BCUT2D eigenvalue weighted by Gasteiger charge is -2.18. The Balaban J connectivity index is 0.00000392. The van der Waals surface area contributed by atoms with Crippen molar-refractivity contribution in [3.63, 3.8) is 0 Å². The summed E-state index contributed by atoms with van der Waals surface area (Å²) in [5.41, 5.74) is 3.60. The van der Waals surface area contributed by atoms with Crippen molar-refractivity contribution in [1.82, 2.24) is 30.6 Å². The first-order valence-electron chi connectivity index (χ1n) is 9.60. The first-order chi connectivity index (χ1) is 12.8. The topological polar surface area (TPSA) is 93.2 Å². The summed E-state index contributed by atoms with van der Waals surface area (Å²) in [6, 6.07) is 0.252. The van der Waals surface area contributed by atoms with Crippen LogP contribution in [-0.4, -0.2) is 45.5 Å². The van der Waals surface area contributed by atoms with Crippen LogP contribution in [0.1, 0.15) is 61.8 Å². The van der Waals surface area contributed by atoms with Crippen LogP contribution in [0.15, 0.2) is 9.52 Å². The van der Waals surface area contributed by atoms with Crippen LogP contribution < -0.4 is 10.6 Å². The molecule has 0 saturated heterocycles. The first kappa shape index (κ1) is 24.4. The molecular weight excluding hydrogens is 469 g/mol. The number of halogens is 1. The van der Waals surface area contributed by atoms with Crippen molar-refractivity contribution in [2.45, 2.75) is 65.8 Å². The number of nitrogens with zero attached hydrogens (tertiary/aromatic N) is 5. The molecular formula is C19H34IN7O. The van der Waals surface area contributed by atoms with Gasteiger partial charge in [0.05, 0.1) is 5.69 Å². The lowest BCUT2D eigenvalue weighted by molar-refractivity contribution is 0.368. The van der Waals surface area contributed by atoms with Crippen molar-refractivity contribution in [2.75, 3.05) is 13.6 Å². The molecule has 0 amide bonds. The van der Waals surface area contributed by atoms with Gasteiger partial charge in [0.1, 0.15) is 0 Å². The van der Waals surface area contributed by atoms with Crippen molar-refractivity contribution in [3.05, 3.63) is 28.7 Å². The molecule has 8 nitrogen and oxygen atoms in total. The predicted octanol–water partition coefficient (Wildman–Crippen LogP) is 2.89. The summed E-state index contributed by atoms with van der Waals surface area (Å²) in [4.78, 5) is 8.71. The van der Waals surface area contributed by atoms with E-state index in [4.69, 9.17) is 4.52 Å². The molecule has 1 atom stereocenters. The highest BCUT2D eigenvalue weighted by Crippen LogP contribution is 2.14. The van der Waals surface area contributed by atoms with E-state index in [9.17, 15) is 0 Å². The third-order valence-electron chi connectivity index (χ3n) is 4.64. The summed E-state index contributed by atoms with van der Waals surface area (Å²) >= 11 is 0. The number of nitrogens with one attached hydrogen (secondary N) is 2. The highest BCUT2D eigenvalue weighted by Gasteiger charge is 2.14. The minimum absolute atomic E-state index is 0. The van der Waals surface area contributed by atoms with Crippen molar-refractivity contribution >= 4 is 29.9 Å². The fourth-order valence-electron chi connectivity index (χ4n) is 2.95. The summed E-state index contributed by atoms with van der Waals surface area (Å²) in [7, 11) is 3.77. The number of hydrogen-bond acceptors (Lipinski definition) is 5. The summed E-state index contributed by atoms with van der Waals surface area (Å²) in [6.07, 6.45) is 2.56. The standard InChI is InChI=1S/C19H33N7O.HI/c1-12(2)18-23-17(27-25-18)9-8-10-21-19(20-6)22-13(3)11-16-14(4)24-26(7)15(16)5;/h12-13H,8-11H2,1-7H3,(H2,20,21,22);1H. The first-order valence-corrected chi connectivity index (χ1v) is 9.60. The molecule has 0 fully saturated rings. The van der Waals surface area contributed by atoms with Gasteiger partial charge in [0.25, 0.3) is 0 Å². The molecule has 0 saturated carbocycles. The molecule has 0 aliphatic carbocycles. The normalized spacial score (nSPS) is 12.8.